The largest absolute Gasteiger partial charge is 0.508 e. The van der Waals surface area contributed by atoms with Gasteiger partial charge in [-0.25, -0.2) is 4.79 Å². The highest BCUT2D eigenvalue weighted by molar-refractivity contribution is 5.94. The van der Waals surface area contributed by atoms with Crippen molar-refractivity contribution in [3.63, 3.8) is 0 Å². The highest BCUT2D eigenvalue weighted by Crippen LogP contribution is 2.13. The van der Waals surface area contributed by atoms with Crippen LogP contribution in [-0.4, -0.2) is 70.6 Å². The molecule has 1 rings (SSSR count). The van der Waals surface area contributed by atoms with Gasteiger partial charge in [0.1, 0.15) is 23.9 Å². The highest BCUT2D eigenvalue weighted by atomic mass is 16.4. The van der Waals surface area contributed by atoms with Crippen LogP contribution in [0.5, 0.6) is 5.75 Å². The standard InChI is InChI=1S/C26H43N7O6/c1-5-15(4)21(33-23(36)20(27)14(2)3)24(37)31-18(7-6-12-30-26(28)29)22(35)32-19(25(38)39)13-16-8-10-17(34)11-9-16/h8-11,14-15,18-21,34H,5-7,12-13,27H2,1-4H3,(H,31,37)(H,32,35)(H,33,36)(H,38,39)(H4,28,29,30). The second kappa shape index (κ2) is 16.2. The maximum atomic E-state index is 13.3. The van der Waals surface area contributed by atoms with Gasteiger partial charge in [0, 0.05) is 13.0 Å². The van der Waals surface area contributed by atoms with Crippen LogP contribution in [0.2, 0.25) is 0 Å². The molecule has 0 heterocycles. The average molecular weight is 550 g/mol. The van der Waals surface area contributed by atoms with Crippen LogP contribution in [0.25, 0.3) is 0 Å². The number of hydrogen-bond donors (Lipinski definition) is 8. The number of phenolic OH excluding ortho intramolecular Hbond substituents is 1. The van der Waals surface area contributed by atoms with E-state index in [2.05, 4.69) is 20.9 Å². The molecular formula is C26H43N7O6. The van der Waals surface area contributed by atoms with Crippen LogP contribution in [0, 0.1) is 11.8 Å². The number of amides is 3. The Morgan fingerprint density at radius 2 is 1.51 bits per heavy atom. The minimum Gasteiger partial charge on any atom is -0.508 e. The predicted molar refractivity (Wildman–Crippen MR) is 147 cm³/mol. The number of aliphatic carboxylic acids is 1. The third-order valence-corrected chi connectivity index (χ3v) is 6.38. The highest BCUT2D eigenvalue weighted by Gasteiger charge is 2.32. The Morgan fingerprint density at radius 3 is 2.03 bits per heavy atom. The number of hydrogen-bond acceptors (Lipinski definition) is 7. The van der Waals surface area contributed by atoms with Crippen molar-refractivity contribution in [2.24, 2.45) is 34.0 Å². The number of guanidine groups is 1. The molecule has 0 aromatic heterocycles. The lowest BCUT2D eigenvalue weighted by molar-refractivity contribution is -0.142. The van der Waals surface area contributed by atoms with E-state index >= 15 is 0 Å². The molecule has 0 aliphatic heterocycles. The maximum absolute atomic E-state index is 13.3. The molecule has 0 bridgehead atoms. The molecule has 13 heteroatoms. The van der Waals surface area contributed by atoms with E-state index < -0.39 is 47.9 Å². The number of aromatic hydroxyl groups is 1. The summed E-state index contributed by atoms with van der Waals surface area (Å²) in [4.78, 5) is 54.9. The van der Waals surface area contributed by atoms with Gasteiger partial charge in [0.15, 0.2) is 5.96 Å². The molecule has 5 unspecified atom stereocenters. The molecule has 218 valence electrons. The molecule has 0 aliphatic carbocycles. The van der Waals surface area contributed by atoms with Gasteiger partial charge in [-0.15, -0.1) is 0 Å². The predicted octanol–water partition coefficient (Wildman–Crippen LogP) is -0.443. The van der Waals surface area contributed by atoms with Gasteiger partial charge in [-0.3, -0.25) is 19.4 Å². The smallest absolute Gasteiger partial charge is 0.326 e. The molecule has 5 atom stereocenters. The molecule has 3 amide bonds. The van der Waals surface area contributed by atoms with Gasteiger partial charge < -0.3 is 43.4 Å². The van der Waals surface area contributed by atoms with Crippen molar-refractivity contribution in [2.75, 3.05) is 6.54 Å². The van der Waals surface area contributed by atoms with Crippen molar-refractivity contribution < 1.29 is 29.4 Å². The van der Waals surface area contributed by atoms with Crippen molar-refractivity contribution in [1.29, 1.82) is 0 Å². The van der Waals surface area contributed by atoms with Crippen LogP contribution >= 0.6 is 0 Å². The van der Waals surface area contributed by atoms with Crippen LogP contribution < -0.4 is 33.2 Å². The van der Waals surface area contributed by atoms with Crippen molar-refractivity contribution in [3.8, 4) is 5.75 Å². The molecule has 39 heavy (non-hydrogen) atoms. The summed E-state index contributed by atoms with van der Waals surface area (Å²) in [5, 5.41) is 27.0. The number of aliphatic imine (C=N–C) groups is 1. The van der Waals surface area contributed by atoms with Crippen LogP contribution in [0.3, 0.4) is 0 Å². The molecule has 0 fully saturated rings. The zero-order valence-electron chi connectivity index (χ0n) is 23.0. The van der Waals surface area contributed by atoms with Gasteiger partial charge >= 0.3 is 5.97 Å². The van der Waals surface area contributed by atoms with E-state index in [0.717, 1.165) is 0 Å². The Bertz CT molecular complexity index is 995. The number of carboxylic acids is 1. The Morgan fingerprint density at radius 1 is 0.923 bits per heavy atom. The number of rotatable bonds is 16. The number of phenols is 1. The summed E-state index contributed by atoms with van der Waals surface area (Å²) in [5.41, 5.74) is 17.2. The van der Waals surface area contributed by atoms with Crippen LogP contribution in [0.15, 0.2) is 29.3 Å². The summed E-state index contributed by atoms with van der Waals surface area (Å²) in [6, 6.07) is 1.71. The van der Waals surface area contributed by atoms with Gasteiger partial charge in [0.25, 0.3) is 0 Å². The molecule has 1 aromatic rings. The first kappa shape index (κ1) is 33.2. The zero-order chi connectivity index (χ0) is 29.7. The molecular weight excluding hydrogens is 506 g/mol. The maximum Gasteiger partial charge on any atom is 0.326 e. The Balaban J connectivity index is 3.12. The quantitative estimate of drug-likeness (QED) is 0.0756. The van der Waals surface area contributed by atoms with E-state index in [0.29, 0.717) is 18.4 Å². The van der Waals surface area contributed by atoms with E-state index in [1.54, 1.807) is 32.9 Å². The Labute approximate surface area is 229 Å². The molecule has 0 saturated carbocycles. The van der Waals surface area contributed by atoms with Crippen LogP contribution in [-0.2, 0) is 25.6 Å². The number of nitrogens with zero attached hydrogens (tertiary/aromatic N) is 1. The summed E-state index contributed by atoms with van der Waals surface area (Å²) in [5.74, 6) is -3.60. The van der Waals surface area contributed by atoms with Crippen molar-refractivity contribution in [3.05, 3.63) is 29.8 Å². The zero-order valence-corrected chi connectivity index (χ0v) is 23.0. The fourth-order valence-electron chi connectivity index (χ4n) is 3.63. The molecule has 0 aliphatic rings. The first-order valence-electron chi connectivity index (χ1n) is 13.0. The average Bonchev–Trinajstić information content (AvgIpc) is 2.88. The van der Waals surface area contributed by atoms with Gasteiger partial charge in [0.2, 0.25) is 17.7 Å². The van der Waals surface area contributed by atoms with Crippen molar-refractivity contribution >= 4 is 29.7 Å². The fourth-order valence-corrected chi connectivity index (χ4v) is 3.63. The van der Waals surface area contributed by atoms with Gasteiger partial charge in [-0.1, -0.05) is 46.2 Å². The number of carbonyl (C=O) groups is 4. The van der Waals surface area contributed by atoms with E-state index in [4.69, 9.17) is 17.2 Å². The van der Waals surface area contributed by atoms with Gasteiger partial charge in [-0.2, -0.15) is 0 Å². The van der Waals surface area contributed by atoms with E-state index in [1.165, 1.54) is 12.1 Å². The Hall–Kier alpha value is -3.87. The Kier molecular flexibility index (Phi) is 13.7. The van der Waals surface area contributed by atoms with Gasteiger partial charge in [-0.05, 0) is 42.4 Å². The third kappa shape index (κ3) is 11.6. The minimum atomic E-state index is -1.30. The lowest BCUT2D eigenvalue weighted by Gasteiger charge is -2.28. The van der Waals surface area contributed by atoms with Crippen LogP contribution in [0.4, 0.5) is 0 Å². The second-order valence-corrected chi connectivity index (χ2v) is 9.92. The molecule has 13 nitrogen and oxygen atoms in total. The normalized spacial score (nSPS) is 14.8. The first-order valence-corrected chi connectivity index (χ1v) is 13.0. The molecule has 0 spiro atoms. The third-order valence-electron chi connectivity index (χ3n) is 6.38. The lowest BCUT2D eigenvalue weighted by Crippen LogP contribution is -2.59. The summed E-state index contributed by atoms with van der Waals surface area (Å²) < 4.78 is 0. The first-order chi connectivity index (χ1) is 18.3. The molecule has 11 N–H and O–H groups in total. The molecule has 0 saturated heterocycles. The summed E-state index contributed by atoms with van der Waals surface area (Å²) in [7, 11) is 0. The fraction of sp³-hybridized carbons (Fsp3) is 0.577. The number of benzene rings is 1. The number of nitrogens with one attached hydrogen (secondary N) is 3. The van der Waals surface area contributed by atoms with Gasteiger partial charge in [0.05, 0.1) is 6.04 Å². The summed E-state index contributed by atoms with van der Waals surface area (Å²) in [6.45, 7) is 7.41. The number of nitrogens with two attached hydrogens (primary N) is 3. The SMILES string of the molecule is CCC(C)C(NC(=O)C(N)C(C)C)C(=O)NC(CCCN=C(N)N)C(=O)NC(Cc1ccc(O)cc1)C(=O)O. The second-order valence-electron chi connectivity index (χ2n) is 9.92. The monoisotopic (exact) mass is 549 g/mol. The van der Waals surface area contributed by atoms with E-state index in [-0.39, 0.29) is 42.9 Å². The number of carbonyl (C=O) groups excluding carboxylic acids is 3. The van der Waals surface area contributed by atoms with Crippen molar-refractivity contribution in [2.45, 2.75) is 77.5 Å². The topological polar surface area (TPSA) is 235 Å². The van der Waals surface area contributed by atoms with Crippen LogP contribution in [0.1, 0.15) is 52.5 Å². The van der Waals surface area contributed by atoms with E-state index in [9.17, 15) is 29.4 Å². The number of carboxylic acid groups (broad SMARTS) is 1. The summed E-state index contributed by atoms with van der Waals surface area (Å²) >= 11 is 0. The molecule has 0 radical (unpaired) electrons. The van der Waals surface area contributed by atoms with Crippen molar-refractivity contribution in [1.82, 2.24) is 16.0 Å². The molecule has 1 aromatic carbocycles. The summed E-state index contributed by atoms with van der Waals surface area (Å²) in [6.07, 6.45) is 0.927. The lowest BCUT2D eigenvalue weighted by atomic mass is 9.96. The van der Waals surface area contributed by atoms with E-state index in [1.807, 2.05) is 6.92 Å². The minimum absolute atomic E-state index is 0.0236.